The Bertz CT molecular complexity index is 1000. The molecule has 1 atom stereocenters. The summed E-state index contributed by atoms with van der Waals surface area (Å²) in [5, 5.41) is -0.476. The van der Waals surface area contributed by atoms with Crippen molar-refractivity contribution in [1.82, 2.24) is 9.97 Å². The van der Waals surface area contributed by atoms with E-state index in [0.717, 1.165) is 12.3 Å². The molecule has 1 fully saturated rings. The summed E-state index contributed by atoms with van der Waals surface area (Å²) >= 11 is 5.79. The van der Waals surface area contributed by atoms with E-state index in [0.29, 0.717) is 0 Å². The zero-order valence-corrected chi connectivity index (χ0v) is 16.5. The fourth-order valence-electron chi connectivity index (χ4n) is 2.86. The molecule has 1 aliphatic carbocycles. The maximum Gasteiger partial charge on any atom is 0.396 e. The monoisotopic (exact) mass is 440 g/mol. The van der Waals surface area contributed by atoms with Gasteiger partial charge in [0.2, 0.25) is 0 Å². The average molecular weight is 441 g/mol. The third-order valence-electron chi connectivity index (χ3n) is 4.69. The van der Waals surface area contributed by atoms with Gasteiger partial charge in [0.25, 0.3) is 0 Å². The minimum atomic E-state index is -4.42. The summed E-state index contributed by atoms with van der Waals surface area (Å²) in [7, 11) is -3.66. The molecular formula is C17H17ClF4N2O3S. The minimum absolute atomic E-state index is 0.00132. The van der Waals surface area contributed by atoms with E-state index < -0.39 is 40.0 Å². The summed E-state index contributed by atoms with van der Waals surface area (Å²) < 4.78 is 82.5. The van der Waals surface area contributed by atoms with Crippen LogP contribution in [0.4, 0.5) is 17.6 Å². The normalized spacial score (nSPS) is 17.5. The first kappa shape index (κ1) is 21.1. The number of alkyl halides is 3. The lowest BCUT2D eigenvalue weighted by Crippen LogP contribution is -2.30. The van der Waals surface area contributed by atoms with Crippen molar-refractivity contribution in [1.29, 1.82) is 0 Å². The highest BCUT2D eigenvalue weighted by molar-refractivity contribution is 7.90. The molecule has 5 nitrogen and oxygen atoms in total. The van der Waals surface area contributed by atoms with Crippen molar-refractivity contribution in [3.63, 3.8) is 0 Å². The fraction of sp³-hybridized carbons (Fsp3) is 0.471. The Kier molecular flexibility index (Phi) is 5.26. The summed E-state index contributed by atoms with van der Waals surface area (Å²) in [6.45, 7) is 0.837. The van der Waals surface area contributed by atoms with E-state index in [-0.39, 0.29) is 40.0 Å². The molecule has 0 radical (unpaired) electrons. The van der Waals surface area contributed by atoms with Crippen LogP contribution in [0, 0.1) is 18.2 Å². The molecule has 2 aromatic rings. The number of nitrogens with one attached hydrogen (secondary N) is 1. The molecule has 1 aliphatic rings. The van der Waals surface area contributed by atoms with Crippen LogP contribution in [0.25, 0.3) is 0 Å². The summed E-state index contributed by atoms with van der Waals surface area (Å²) in [6, 6.07) is 3.57. The maximum atomic E-state index is 13.5. The van der Waals surface area contributed by atoms with Crippen LogP contribution in [0.15, 0.2) is 23.2 Å². The van der Waals surface area contributed by atoms with Gasteiger partial charge in [0.05, 0.1) is 22.7 Å². The first-order valence-corrected chi connectivity index (χ1v) is 10.5. The van der Waals surface area contributed by atoms with Crippen LogP contribution in [0.2, 0.25) is 5.02 Å². The number of benzene rings is 1. The molecule has 0 spiro atoms. The van der Waals surface area contributed by atoms with Crippen LogP contribution >= 0.6 is 11.6 Å². The van der Waals surface area contributed by atoms with E-state index in [4.69, 9.17) is 16.3 Å². The Hall–Kier alpha value is -1.65. The summed E-state index contributed by atoms with van der Waals surface area (Å²) in [4.78, 5) is 6.75. The Balaban J connectivity index is 1.99. The second kappa shape index (κ2) is 7.00. The van der Waals surface area contributed by atoms with Crippen LogP contribution in [0.3, 0.4) is 0 Å². The maximum absolute atomic E-state index is 13.5. The van der Waals surface area contributed by atoms with Crippen molar-refractivity contribution in [3.8, 4) is 0 Å². The van der Waals surface area contributed by atoms with Gasteiger partial charge in [-0.2, -0.15) is 13.2 Å². The molecule has 0 bridgehead atoms. The van der Waals surface area contributed by atoms with Gasteiger partial charge < -0.3 is 9.72 Å². The lowest BCUT2D eigenvalue weighted by atomic mass is 10.1. The number of ether oxygens (including phenoxy) is 1. The smallest absolute Gasteiger partial charge is 0.365 e. The van der Waals surface area contributed by atoms with E-state index in [1.807, 2.05) is 0 Å². The summed E-state index contributed by atoms with van der Waals surface area (Å²) in [5.41, 5.74) is -1.47. The highest BCUT2D eigenvalue weighted by atomic mass is 35.5. The topological polar surface area (TPSA) is 72.0 Å². The minimum Gasteiger partial charge on any atom is -0.365 e. The van der Waals surface area contributed by atoms with Gasteiger partial charge in [0.1, 0.15) is 17.7 Å². The number of imidazole rings is 1. The van der Waals surface area contributed by atoms with E-state index in [1.165, 1.54) is 19.1 Å². The first-order chi connectivity index (χ1) is 12.8. The predicted octanol–water partition coefficient (Wildman–Crippen LogP) is 4.36. The van der Waals surface area contributed by atoms with Gasteiger partial charge >= 0.3 is 6.18 Å². The second-order valence-corrected chi connectivity index (χ2v) is 9.31. The highest BCUT2D eigenvalue weighted by Crippen LogP contribution is 2.58. The van der Waals surface area contributed by atoms with Gasteiger partial charge in [-0.25, -0.2) is 17.8 Å². The highest BCUT2D eigenvalue weighted by Gasteiger charge is 2.63. The Labute approximate surface area is 164 Å². The van der Waals surface area contributed by atoms with Gasteiger partial charge in [0, 0.05) is 6.26 Å². The Morgan fingerprint density at radius 1 is 1.36 bits per heavy atom. The number of aryl methyl sites for hydroxylation is 1. The summed E-state index contributed by atoms with van der Waals surface area (Å²) in [5.74, 6) is -0.704. The SMILES string of the molecule is Cc1[nH]c(C(OCC2(C(F)(F)F)CC2)c2ccc(F)c(Cl)c2)nc1S(C)(=O)=O. The average Bonchev–Trinajstić information content (AvgIpc) is 3.26. The third-order valence-corrected chi connectivity index (χ3v) is 6.08. The van der Waals surface area contributed by atoms with Crippen molar-refractivity contribution in [2.45, 2.75) is 37.1 Å². The lowest BCUT2D eigenvalue weighted by Gasteiger charge is -2.23. The van der Waals surface area contributed by atoms with Crippen molar-refractivity contribution < 1.29 is 30.7 Å². The van der Waals surface area contributed by atoms with Gasteiger partial charge in [-0.3, -0.25) is 0 Å². The Morgan fingerprint density at radius 3 is 2.46 bits per heavy atom. The number of hydrogen-bond acceptors (Lipinski definition) is 4. The lowest BCUT2D eigenvalue weighted by molar-refractivity contribution is -0.204. The predicted molar refractivity (Wildman–Crippen MR) is 93.4 cm³/mol. The molecule has 0 amide bonds. The fourth-order valence-corrected chi connectivity index (χ4v) is 3.92. The molecule has 3 rings (SSSR count). The number of sulfone groups is 1. The molecule has 0 aliphatic heterocycles. The van der Waals surface area contributed by atoms with Gasteiger partial charge in [-0.1, -0.05) is 17.7 Å². The first-order valence-electron chi connectivity index (χ1n) is 8.24. The van der Waals surface area contributed by atoms with E-state index in [2.05, 4.69) is 9.97 Å². The number of nitrogens with zero attached hydrogens (tertiary/aromatic N) is 1. The molecule has 154 valence electrons. The van der Waals surface area contributed by atoms with Gasteiger partial charge in [0.15, 0.2) is 14.9 Å². The number of H-pyrrole nitrogens is 1. The van der Waals surface area contributed by atoms with Crippen molar-refractivity contribution in [2.24, 2.45) is 5.41 Å². The molecule has 11 heteroatoms. The van der Waals surface area contributed by atoms with E-state index in [9.17, 15) is 26.0 Å². The number of rotatable bonds is 6. The Morgan fingerprint density at radius 2 is 2.00 bits per heavy atom. The van der Waals surface area contributed by atoms with Crippen LogP contribution in [0.1, 0.15) is 36.0 Å². The van der Waals surface area contributed by atoms with Gasteiger partial charge in [-0.15, -0.1) is 0 Å². The van der Waals surface area contributed by atoms with Crippen molar-refractivity contribution in [3.05, 3.63) is 46.1 Å². The molecule has 1 unspecified atom stereocenters. The van der Waals surface area contributed by atoms with E-state index in [1.54, 1.807) is 0 Å². The number of aromatic amines is 1. The van der Waals surface area contributed by atoms with Crippen LogP contribution in [0.5, 0.6) is 0 Å². The van der Waals surface area contributed by atoms with Crippen LogP contribution in [-0.2, 0) is 14.6 Å². The molecule has 1 saturated carbocycles. The largest absolute Gasteiger partial charge is 0.396 e. The third kappa shape index (κ3) is 4.04. The molecule has 1 heterocycles. The van der Waals surface area contributed by atoms with Gasteiger partial charge in [-0.05, 0) is 37.5 Å². The summed E-state index contributed by atoms with van der Waals surface area (Å²) in [6.07, 6.45) is -4.74. The zero-order chi connectivity index (χ0) is 20.9. The van der Waals surface area contributed by atoms with Crippen LogP contribution < -0.4 is 0 Å². The standard InChI is InChI=1S/C17H17ClF4N2O3S/c1-9-15(28(2,25)26)24-14(23-9)13(10-3-4-12(19)11(18)7-10)27-8-16(5-6-16)17(20,21)22/h3-4,7,13H,5-6,8H2,1-2H3,(H,23,24). The number of aromatic nitrogens is 2. The molecule has 1 aromatic carbocycles. The number of hydrogen-bond donors (Lipinski definition) is 1. The van der Waals surface area contributed by atoms with Crippen LogP contribution in [-0.4, -0.2) is 37.4 Å². The zero-order valence-electron chi connectivity index (χ0n) is 14.9. The van der Waals surface area contributed by atoms with E-state index >= 15 is 0 Å². The molecular weight excluding hydrogens is 424 g/mol. The molecule has 0 saturated heterocycles. The molecule has 1 N–H and O–H groups in total. The molecule has 1 aromatic heterocycles. The van der Waals surface area contributed by atoms with Crippen molar-refractivity contribution >= 4 is 21.4 Å². The quantitative estimate of drug-likeness (QED) is 0.677. The molecule has 28 heavy (non-hydrogen) atoms. The number of halogens is 5. The van der Waals surface area contributed by atoms with Crippen molar-refractivity contribution in [2.75, 3.05) is 12.9 Å². The second-order valence-electron chi connectivity index (χ2n) is 6.97.